The van der Waals surface area contributed by atoms with Gasteiger partial charge in [-0.05, 0) is 23.8 Å². The van der Waals surface area contributed by atoms with Crippen LogP contribution in [0.5, 0.6) is 5.75 Å². The maximum absolute atomic E-state index is 11.8. The number of aromatic amines is 1. The summed E-state index contributed by atoms with van der Waals surface area (Å²) in [5, 5.41) is 22.0. The Hall–Kier alpha value is -2.48. The minimum Gasteiger partial charge on any atom is -0.508 e. The van der Waals surface area contributed by atoms with E-state index in [1.807, 2.05) is 0 Å². The minimum atomic E-state index is -1.14. The Kier molecular flexibility index (Phi) is 5.86. The van der Waals surface area contributed by atoms with Crippen LogP contribution in [0.15, 0.2) is 24.4 Å². The number of carbonyl (C=O) groups excluding carboxylic acids is 2. The van der Waals surface area contributed by atoms with Crippen molar-refractivity contribution in [3.63, 3.8) is 0 Å². The first-order chi connectivity index (χ1) is 11.4. The van der Waals surface area contributed by atoms with Crippen molar-refractivity contribution in [2.75, 3.05) is 5.75 Å². The molecule has 0 aliphatic carbocycles. The number of hydrogen-bond acceptors (Lipinski definition) is 5. The predicted octanol–water partition coefficient (Wildman–Crippen LogP) is 1.66. The summed E-state index contributed by atoms with van der Waals surface area (Å²) >= 11 is 1.02. The smallest absolute Gasteiger partial charge is 0.326 e. The zero-order valence-electron chi connectivity index (χ0n) is 13.0. The first-order valence-electron chi connectivity index (χ1n) is 7.31. The van der Waals surface area contributed by atoms with Gasteiger partial charge >= 0.3 is 5.97 Å². The average Bonchev–Trinajstić information content (AvgIpc) is 2.88. The van der Waals surface area contributed by atoms with Crippen molar-refractivity contribution in [2.24, 2.45) is 0 Å². The van der Waals surface area contributed by atoms with Crippen LogP contribution in [0.4, 0.5) is 0 Å². The van der Waals surface area contributed by atoms with E-state index < -0.39 is 17.9 Å². The highest BCUT2D eigenvalue weighted by Crippen LogP contribution is 2.24. The molecule has 2 aromatic rings. The van der Waals surface area contributed by atoms with Gasteiger partial charge in [-0.3, -0.25) is 9.59 Å². The largest absolute Gasteiger partial charge is 0.508 e. The van der Waals surface area contributed by atoms with Crippen LogP contribution in [-0.2, 0) is 20.8 Å². The molecular formula is C16H18N2O5S. The number of aromatic hydroxyl groups is 1. The number of phenols is 1. The molecule has 1 unspecified atom stereocenters. The molecule has 0 saturated heterocycles. The maximum Gasteiger partial charge on any atom is 0.326 e. The van der Waals surface area contributed by atoms with E-state index in [0.717, 1.165) is 17.3 Å². The summed E-state index contributed by atoms with van der Waals surface area (Å²) < 4.78 is 0. The van der Waals surface area contributed by atoms with Gasteiger partial charge in [0, 0.05) is 42.6 Å². The van der Waals surface area contributed by atoms with E-state index in [2.05, 4.69) is 10.3 Å². The Labute approximate surface area is 142 Å². The van der Waals surface area contributed by atoms with Crippen molar-refractivity contribution in [3.8, 4) is 5.75 Å². The average molecular weight is 350 g/mol. The van der Waals surface area contributed by atoms with Gasteiger partial charge in [0.05, 0.1) is 0 Å². The van der Waals surface area contributed by atoms with Crippen LogP contribution in [-0.4, -0.2) is 44.0 Å². The first kappa shape index (κ1) is 17.9. The van der Waals surface area contributed by atoms with E-state index in [9.17, 15) is 24.6 Å². The van der Waals surface area contributed by atoms with E-state index in [1.54, 1.807) is 18.3 Å². The zero-order chi connectivity index (χ0) is 17.7. The van der Waals surface area contributed by atoms with Crippen LogP contribution in [0.1, 0.15) is 18.9 Å². The number of aliphatic carboxylic acids is 1. The fraction of sp³-hybridized carbons (Fsp3) is 0.312. The summed E-state index contributed by atoms with van der Waals surface area (Å²) in [4.78, 5) is 37.1. The molecule has 7 nitrogen and oxygen atoms in total. The van der Waals surface area contributed by atoms with Crippen molar-refractivity contribution in [3.05, 3.63) is 30.0 Å². The lowest BCUT2D eigenvalue weighted by molar-refractivity contribution is -0.141. The predicted molar refractivity (Wildman–Crippen MR) is 91.0 cm³/mol. The van der Waals surface area contributed by atoms with Gasteiger partial charge in [0.2, 0.25) is 5.91 Å². The number of carbonyl (C=O) groups is 3. The van der Waals surface area contributed by atoms with E-state index in [-0.39, 0.29) is 23.7 Å². The Morgan fingerprint density at radius 2 is 2.08 bits per heavy atom. The molecule has 8 heteroatoms. The highest BCUT2D eigenvalue weighted by atomic mass is 32.2. The number of nitrogens with one attached hydrogen (secondary N) is 2. The van der Waals surface area contributed by atoms with E-state index in [1.165, 1.54) is 13.0 Å². The van der Waals surface area contributed by atoms with E-state index in [0.29, 0.717) is 16.7 Å². The third kappa shape index (κ3) is 4.76. The summed E-state index contributed by atoms with van der Waals surface area (Å²) in [5.74, 6) is -1.16. The summed E-state index contributed by atoms with van der Waals surface area (Å²) in [5.41, 5.74) is 1.46. The second-order valence-corrected chi connectivity index (χ2v) is 6.57. The number of carboxylic acids is 1. The second kappa shape index (κ2) is 7.87. The van der Waals surface area contributed by atoms with Gasteiger partial charge in [-0.15, -0.1) is 0 Å². The van der Waals surface area contributed by atoms with Crippen molar-refractivity contribution < 1.29 is 24.6 Å². The minimum absolute atomic E-state index is 0.0721. The van der Waals surface area contributed by atoms with Gasteiger partial charge in [-0.25, -0.2) is 4.79 Å². The van der Waals surface area contributed by atoms with Crippen LogP contribution >= 0.6 is 11.8 Å². The van der Waals surface area contributed by atoms with Crippen LogP contribution < -0.4 is 5.32 Å². The molecule has 4 N–H and O–H groups in total. The summed E-state index contributed by atoms with van der Waals surface area (Å²) in [6.07, 6.45) is 1.82. The highest BCUT2D eigenvalue weighted by molar-refractivity contribution is 8.13. The first-order valence-corrected chi connectivity index (χ1v) is 8.30. The normalized spacial score (nSPS) is 12.0. The number of hydrogen-bond donors (Lipinski definition) is 4. The van der Waals surface area contributed by atoms with Crippen LogP contribution in [0.25, 0.3) is 10.9 Å². The van der Waals surface area contributed by atoms with Gasteiger partial charge in [-0.1, -0.05) is 11.8 Å². The molecule has 0 aliphatic rings. The maximum atomic E-state index is 11.8. The van der Waals surface area contributed by atoms with Crippen molar-refractivity contribution in [1.29, 1.82) is 0 Å². The molecule has 1 atom stereocenters. The highest BCUT2D eigenvalue weighted by Gasteiger charge is 2.22. The molecule has 24 heavy (non-hydrogen) atoms. The fourth-order valence-electron chi connectivity index (χ4n) is 2.31. The van der Waals surface area contributed by atoms with E-state index in [4.69, 9.17) is 0 Å². The third-order valence-electron chi connectivity index (χ3n) is 3.44. The van der Waals surface area contributed by atoms with Gasteiger partial charge in [0.25, 0.3) is 0 Å². The van der Waals surface area contributed by atoms with Gasteiger partial charge in [0.15, 0.2) is 5.12 Å². The number of phenolic OH excluding ortho intramolecular Hbond substituents is 1. The zero-order valence-corrected chi connectivity index (χ0v) is 13.9. The van der Waals surface area contributed by atoms with Crippen LogP contribution in [0.3, 0.4) is 0 Å². The number of H-pyrrole nitrogens is 1. The topological polar surface area (TPSA) is 119 Å². The quantitative estimate of drug-likeness (QED) is 0.603. The van der Waals surface area contributed by atoms with Crippen molar-refractivity contribution >= 4 is 39.7 Å². The SMILES string of the molecule is CC(=O)SCCC(=O)NC(Cc1c[nH]c2ccc(O)cc12)C(=O)O. The van der Waals surface area contributed by atoms with Crippen LogP contribution in [0.2, 0.25) is 0 Å². The molecule has 0 spiro atoms. The second-order valence-electron chi connectivity index (χ2n) is 5.30. The number of benzene rings is 1. The molecule has 128 valence electrons. The molecule has 0 aliphatic heterocycles. The molecule has 1 heterocycles. The molecule has 0 saturated carbocycles. The third-order valence-corrected chi connectivity index (χ3v) is 4.26. The molecule has 1 aromatic carbocycles. The molecule has 1 amide bonds. The van der Waals surface area contributed by atoms with Crippen LogP contribution in [0, 0.1) is 0 Å². The number of carboxylic acid groups (broad SMARTS) is 1. The van der Waals surface area contributed by atoms with Gasteiger partial charge in [0.1, 0.15) is 11.8 Å². The van der Waals surface area contributed by atoms with Crippen molar-refractivity contribution in [1.82, 2.24) is 10.3 Å². The summed E-state index contributed by atoms with van der Waals surface area (Å²) in [6.45, 7) is 1.41. The lowest BCUT2D eigenvalue weighted by atomic mass is 10.0. The lowest BCUT2D eigenvalue weighted by Gasteiger charge is -2.14. The molecule has 0 bridgehead atoms. The van der Waals surface area contributed by atoms with Gasteiger partial charge in [-0.2, -0.15) is 0 Å². The summed E-state index contributed by atoms with van der Waals surface area (Å²) in [6, 6.07) is 3.69. The Morgan fingerprint density at radius 1 is 1.33 bits per heavy atom. The Morgan fingerprint density at radius 3 is 2.75 bits per heavy atom. The Balaban J connectivity index is 2.05. The van der Waals surface area contributed by atoms with Crippen molar-refractivity contribution in [2.45, 2.75) is 25.8 Å². The summed E-state index contributed by atoms with van der Waals surface area (Å²) in [7, 11) is 0. The lowest BCUT2D eigenvalue weighted by Crippen LogP contribution is -2.42. The number of fused-ring (bicyclic) bond motifs is 1. The standard InChI is InChI=1S/C16H18N2O5S/c1-9(19)24-5-4-15(21)18-14(16(22)23)6-10-8-17-13-3-2-11(20)7-12(10)13/h2-3,7-8,14,17,20H,4-6H2,1H3,(H,18,21)(H,22,23). The molecule has 2 rings (SSSR count). The van der Waals surface area contributed by atoms with Gasteiger partial charge < -0.3 is 20.5 Å². The Bertz CT molecular complexity index is 771. The number of thioether (sulfide) groups is 1. The number of aromatic nitrogens is 1. The number of rotatable bonds is 7. The molecule has 1 aromatic heterocycles. The van der Waals surface area contributed by atoms with E-state index >= 15 is 0 Å². The number of amides is 1. The molecule has 0 radical (unpaired) electrons. The monoisotopic (exact) mass is 350 g/mol. The molecular weight excluding hydrogens is 332 g/mol. The fourth-order valence-corrected chi connectivity index (χ4v) is 2.88. The molecule has 0 fully saturated rings.